The van der Waals surface area contributed by atoms with E-state index in [1.807, 2.05) is 6.07 Å². The molecule has 110 valence electrons. The molecule has 3 N–H and O–H groups in total. The molecule has 1 aromatic carbocycles. The molecule has 4 nitrogen and oxygen atoms in total. The van der Waals surface area contributed by atoms with Crippen LogP contribution >= 0.6 is 11.6 Å². The number of hydrogen-bond donors (Lipinski definition) is 2. The lowest BCUT2D eigenvalue weighted by atomic mass is 9.95. The van der Waals surface area contributed by atoms with Crippen molar-refractivity contribution in [2.75, 3.05) is 13.7 Å². The van der Waals surface area contributed by atoms with Gasteiger partial charge in [-0.1, -0.05) is 24.1 Å². The van der Waals surface area contributed by atoms with Gasteiger partial charge in [-0.05, 0) is 37.4 Å². The van der Waals surface area contributed by atoms with Crippen LogP contribution in [0.4, 0.5) is 0 Å². The van der Waals surface area contributed by atoms with Crippen LogP contribution in [0.2, 0.25) is 5.02 Å². The molecule has 0 aromatic heterocycles. The van der Waals surface area contributed by atoms with Crippen molar-refractivity contribution in [2.24, 2.45) is 17.6 Å². The minimum absolute atomic E-state index is 0.0540. The van der Waals surface area contributed by atoms with Gasteiger partial charge < -0.3 is 15.8 Å². The first-order valence-corrected chi connectivity index (χ1v) is 7.33. The third-order valence-electron chi connectivity index (χ3n) is 4.00. The molecule has 1 saturated carbocycles. The lowest BCUT2D eigenvalue weighted by Gasteiger charge is -2.18. The summed E-state index contributed by atoms with van der Waals surface area (Å²) in [5.41, 5.74) is 6.64. The van der Waals surface area contributed by atoms with Gasteiger partial charge in [0.1, 0.15) is 5.75 Å². The van der Waals surface area contributed by atoms with Crippen LogP contribution in [-0.4, -0.2) is 19.6 Å². The number of methoxy groups -OCH3 is 1. The van der Waals surface area contributed by atoms with Crippen molar-refractivity contribution in [3.8, 4) is 5.75 Å². The Kier molecular flexibility index (Phi) is 5.26. The minimum Gasteiger partial charge on any atom is -0.496 e. The Balaban J connectivity index is 1.96. The summed E-state index contributed by atoms with van der Waals surface area (Å²) in [5, 5.41) is 3.60. The molecular formula is C15H21ClN2O2. The second kappa shape index (κ2) is 6.95. The summed E-state index contributed by atoms with van der Waals surface area (Å²) in [5.74, 6) is 1.16. The molecule has 0 spiro atoms. The van der Waals surface area contributed by atoms with Gasteiger partial charge in [0.05, 0.1) is 7.11 Å². The molecular weight excluding hydrogens is 276 g/mol. The predicted octanol–water partition coefficient (Wildman–Crippen LogP) is 2.34. The van der Waals surface area contributed by atoms with E-state index in [4.69, 9.17) is 22.1 Å². The van der Waals surface area contributed by atoms with E-state index in [2.05, 4.69) is 5.32 Å². The second-order valence-electron chi connectivity index (χ2n) is 5.21. The highest BCUT2D eigenvalue weighted by Gasteiger charge is 2.31. The number of ether oxygens (including phenoxy) is 1. The SMILES string of the molecule is COc1cc(Cl)ccc1CNC(=O)[C@@H]1CCC[C@@H]1CN. The molecule has 1 fully saturated rings. The lowest BCUT2D eigenvalue weighted by Crippen LogP contribution is -2.34. The Morgan fingerprint density at radius 3 is 3.00 bits per heavy atom. The van der Waals surface area contributed by atoms with Crippen molar-refractivity contribution in [2.45, 2.75) is 25.8 Å². The zero-order chi connectivity index (χ0) is 14.5. The number of carbonyl (C=O) groups is 1. The number of amides is 1. The van der Waals surface area contributed by atoms with E-state index in [9.17, 15) is 4.79 Å². The fourth-order valence-corrected chi connectivity index (χ4v) is 3.00. The molecule has 0 aliphatic heterocycles. The second-order valence-corrected chi connectivity index (χ2v) is 5.64. The van der Waals surface area contributed by atoms with E-state index in [1.54, 1.807) is 19.2 Å². The van der Waals surface area contributed by atoms with Crippen LogP contribution in [0.25, 0.3) is 0 Å². The summed E-state index contributed by atoms with van der Waals surface area (Å²) in [6, 6.07) is 5.42. The third-order valence-corrected chi connectivity index (χ3v) is 4.24. The number of halogens is 1. The maximum atomic E-state index is 12.2. The van der Waals surface area contributed by atoms with Crippen LogP contribution in [0, 0.1) is 11.8 Å². The first-order chi connectivity index (χ1) is 9.65. The van der Waals surface area contributed by atoms with Crippen molar-refractivity contribution in [3.63, 3.8) is 0 Å². The van der Waals surface area contributed by atoms with Gasteiger partial charge in [-0.25, -0.2) is 0 Å². The Labute approximate surface area is 124 Å². The number of nitrogens with two attached hydrogens (primary N) is 1. The van der Waals surface area contributed by atoms with Gasteiger partial charge in [0.15, 0.2) is 0 Å². The summed E-state index contributed by atoms with van der Waals surface area (Å²) in [6.07, 6.45) is 3.08. The molecule has 0 bridgehead atoms. The maximum absolute atomic E-state index is 12.2. The average Bonchev–Trinajstić information content (AvgIpc) is 2.94. The van der Waals surface area contributed by atoms with E-state index in [-0.39, 0.29) is 11.8 Å². The quantitative estimate of drug-likeness (QED) is 0.876. The number of nitrogens with one attached hydrogen (secondary N) is 1. The van der Waals surface area contributed by atoms with E-state index < -0.39 is 0 Å². The smallest absolute Gasteiger partial charge is 0.223 e. The normalized spacial score (nSPS) is 21.8. The summed E-state index contributed by atoms with van der Waals surface area (Å²) in [6.45, 7) is 1.04. The van der Waals surface area contributed by atoms with E-state index in [0.717, 1.165) is 24.8 Å². The summed E-state index contributed by atoms with van der Waals surface area (Å²) >= 11 is 5.92. The molecule has 1 aromatic rings. The van der Waals surface area contributed by atoms with Gasteiger partial charge in [0, 0.05) is 23.0 Å². The summed E-state index contributed by atoms with van der Waals surface area (Å²) < 4.78 is 5.27. The number of rotatable bonds is 5. The molecule has 0 heterocycles. The molecule has 0 saturated heterocycles. The zero-order valence-electron chi connectivity index (χ0n) is 11.7. The van der Waals surface area contributed by atoms with Crippen molar-refractivity contribution < 1.29 is 9.53 Å². The van der Waals surface area contributed by atoms with Crippen LogP contribution < -0.4 is 15.8 Å². The van der Waals surface area contributed by atoms with E-state index in [1.165, 1.54) is 0 Å². The van der Waals surface area contributed by atoms with Gasteiger partial charge in [-0.2, -0.15) is 0 Å². The molecule has 20 heavy (non-hydrogen) atoms. The standard InChI is InChI=1S/C15H21ClN2O2/c1-20-14-7-12(16)6-5-11(14)9-18-15(19)13-4-2-3-10(13)8-17/h5-7,10,13H,2-4,8-9,17H2,1H3,(H,18,19)/t10-,13-/m1/s1. The Bertz CT molecular complexity index is 479. The molecule has 0 radical (unpaired) electrons. The fraction of sp³-hybridized carbons (Fsp3) is 0.533. The highest BCUT2D eigenvalue weighted by atomic mass is 35.5. The molecule has 2 rings (SSSR count). The Morgan fingerprint density at radius 1 is 1.50 bits per heavy atom. The monoisotopic (exact) mass is 296 g/mol. The van der Waals surface area contributed by atoms with Gasteiger partial charge >= 0.3 is 0 Å². The summed E-state index contributed by atoms with van der Waals surface area (Å²) in [4.78, 5) is 12.2. The molecule has 1 amide bonds. The predicted molar refractivity (Wildman–Crippen MR) is 79.7 cm³/mol. The minimum atomic E-state index is 0.0540. The molecule has 1 aliphatic carbocycles. The van der Waals surface area contributed by atoms with Crippen molar-refractivity contribution in [3.05, 3.63) is 28.8 Å². The largest absolute Gasteiger partial charge is 0.496 e. The molecule has 2 atom stereocenters. The van der Waals surface area contributed by atoms with Crippen LogP contribution in [0.3, 0.4) is 0 Å². The first-order valence-electron chi connectivity index (χ1n) is 6.96. The first kappa shape index (κ1) is 15.1. The number of hydrogen-bond acceptors (Lipinski definition) is 3. The van der Waals surface area contributed by atoms with E-state index in [0.29, 0.717) is 29.8 Å². The van der Waals surface area contributed by atoms with Crippen LogP contribution in [-0.2, 0) is 11.3 Å². The average molecular weight is 297 g/mol. The van der Waals surface area contributed by atoms with Crippen LogP contribution in [0.5, 0.6) is 5.75 Å². The molecule has 1 aliphatic rings. The van der Waals surface area contributed by atoms with Gasteiger partial charge in [-0.3, -0.25) is 4.79 Å². The lowest BCUT2D eigenvalue weighted by molar-refractivity contribution is -0.126. The van der Waals surface area contributed by atoms with Crippen molar-refractivity contribution in [1.29, 1.82) is 0 Å². The highest BCUT2D eigenvalue weighted by molar-refractivity contribution is 6.30. The van der Waals surface area contributed by atoms with Crippen molar-refractivity contribution >= 4 is 17.5 Å². The highest BCUT2D eigenvalue weighted by Crippen LogP contribution is 2.31. The Hall–Kier alpha value is -1.26. The Morgan fingerprint density at radius 2 is 2.30 bits per heavy atom. The molecule has 5 heteroatoms. The fourth-order valence-electron chi connectivity index (χ4n) is 2.84. The zero-order valence-corrected chi connectivity index (χ0v) is 12.5. The third kappa shape index (κ3) is 3.44. The molecule has 0 unspecified atom stereocenters. The topological polar surface area (TPSA) is 64.3 Å². The number of benzene rings is 1. The van der Waals surface area contributed by atoms with E-state index >= 15 is 0 Å². The van der Waals surface area contributed by atoms with Gasteiger partial charge in [-0.15, -0.1) is 0 Å². The van der Waals surface area contributed by atoms with Gasteiger partial charge in [0.2, 0.25) is 5.91 Å². The van der Waals surface area contributed by atoms with Crippen molar-refractivity contribution in [1.82, 2.24) is 5.32 Å². The number of carbonyl (C=O) groups excluding carboxylic acids is 1. The van der Waals surface area contributed by atoms with Crippen LogP contribution in [0.15, 0.2) is 18.2 Å². The maximum Gasteiger partial charge on any atom is 0.223 e. The van der Waals surface area contributed by atoms with Crippen LogP contribution in [0.1, 0.15) is 24.8 Å². The van der Waals surface area contributed by atoms with Gasteiger partial charge in [0.25, 0.3) is 0 Å². The summed E-state index contributed by atoms with van der Waals surface area (Å²) in [7, 11) is 1.60.